The summed E-state index contributed by atoms with van der Waals surface area (Å²) in [5, 5.41) is 5.44. The van der Waals surface area contributed by atoms with E-state index in [2.05, 4.69) is 28.7 Å². The molecule has 0 saturated carbocycles. The lowest BCUT2D eigenvalue weighted by atomic mass is 10.2. The summed E-state index contributed by atoms with van der Waals surface area (Å²) < 4.78 is 0. The highest BCUT2D eigenvalue weighted by Crippen LogP contribution is 2.19. The number of aromatic nitrogens is 1. The lowest BCUT2D eigenvalue weighted by Crippen LogP contribution is -2.03. The van der Waals surface area contributed by atoms with Crippen molar-refractivity contribution in [1.29, 1.82) is 0 Å². The number of nitrogens with two attached hydrogens (primary N) is 1. The van der Waals surface area contributed by atoms with Crippen LogP contribution in [0.4, 0.5) is 11.5 Å². The number of thiophene rings is 1. The summed E-state index contributed by atoms with van der Waals surface area (Å²) in [5.41, 5.74) is 9.05. The van der Waals surface area contributed by atoms with Gasteiger partial charge in [0, 0.05) is 22.8 Å². The number of hydrogen-bond acceptors (Lipinski definition) is 4. The molecule has 2 aromatic rings. The van der Waals surface area contributed by atoms with Gasteiger partial charge in [-0.15, -0.1) is 11.3 Å². The summed E-state index contributed by atoms with van der Waals surface area (Å²) in [4.78, 5) is 5.68. The maximum atomic E-state index is 5.85. The predicted octanol–water partition coefficient (Wildman–Crippen LogP) is 3.21. The molecule has 0 spiro atoms. The molecular weight excluding hydrogens is 230 g/mol. The number of anilines is 2. The smallest absolute Gasteiger partial charge is 0.128 e. The fourth-order valence-electron chi connectivity index (χ4n) is 1.64. The first-order valence-corrected chi connectivity index (χ1v) is 6.60. The summed E-state index contributed by atoms with van der Waals surface area (Å²) in [5.74, 6) is 0.837. The van der Waals surface area contributed by atoms with E-state index in [1.165, 1.54) is 10.4 Å². The number of nitrogens with one attached hydrogen (secondary N) is 1. The number of hydrogen-bond donors (Lipinski definition) is 2. The van der Waals surface area contributed by atoms with E-state index >= 15 is 0 Å². The third-order valence-electron chi connectivity index (χ3n) is 2.79. The van der Waals surface area contributed by atoms with Gasteiger partial charge < -0.3 is 11.1 Å². The van der Waals surface area contributed by atoms with Gasteiger partial charge in [0.05, 0.1) is 6.54 Å². The normalized spacial score (nSPS) is 10.5. The minimum absolute atomic E-state index is 0.782. The van der Waals surface area contributed by atoms with Crippen molar-refractivity contribution in [2.45, 2.75) is 26.8 Å². The van der Waals surface area contributed by atoms with E-state index in [1.807, 2.05) is 13.0 Å². The number of pyridine rings is 1. The topological polar surface area (TPSA) is 50.9 Å². The fourth-order valence-corrected chi connectivity index (χ4v) is 2.56. The van der Waals surface area contributed by atoms with Crippen LogP contribution in [0.1, 0.15) is 22.9 Å². The van der Waals surface area contributed by atoms with Crippen molar-refractivity contribution in [2.24, 2.45) is 0 Å². The third-order valence-corrected chi connectivity index (χ3v) is 3.76. The van der Waals surface area contributed by atoms with Crippen LogP contribution in [0.15, 0.2) is 23.7 Å². The van der Waals surface area contributed by atoms with E-state index in [1.54, 1.807) is 17.5 Å². The molecule has 3 N–H and O–H groups in total. The SMILES string of the molecule is CCc1ccsc1CNc1cc(N)c(C)cn1. The van der Waals surface area contributed by atoms with Gasteiger partial charge in [-0.05, 0) is 35.9 Å². The van der Waals surface area contributed by atoms with E-state index in [0.717, 1.165) is 30.0 Å². The van der Waals surface area contributed by atoms with Crippen molar-refractivity contribution in [1.82, 2.24) is 4.98 Å². The Labute approximate surface area is 106 Å². The molecule has 17 heavy (non-hydrogen) atoms. The van der Waals surface area contributed by atoms with Crippen LogP contribution in [0.3, 0.4) is 0 Å². The Hall–Kier alpha value is -1.55. The largest absolute Gasteiger partial charge is 0.398 e. The molecule has 0 aromatic carbocycles. The average Bonchev–Trinajstić information content (AvgIpc) is 2.78. The zero-order chi connectivity index (χ0) is 12.3. The second-order valence-electron chi connectivity index (χ2n) is 4.00. The number of aryl methyl sites for hydroxylation is 2. The van der Waals surface area contributed by atoms with Crippen LogP contribution in [-0.4, -0.2) is 4.98 Å². The quantitative estimate of drug-likeness (QED) is 0.872. The molecule has 0 aliphatic heterocycles. The molecule has 2 heterocycles. The van der Waals surface area contributed by atoms with Crippen molar-refractivity contribution < 1.29 is 0 Å². The van der Waals surface area contributed by atoms with Gasteiger partial charge in [-0.2, -0.15) is 0 Å². The van der Waals surface area contributed by atoms with Gasteiger partial charge in [0.1, 0.15) is 5.82 Å². The number of nitrogen functional groups attached to an aromatic ring is 1. The summed E-state index contributed by atoms with van der Waals surface area (Å²) in [6, 6.07) is 4.06. The predicted molar refractivity (Wildman–Crippen MR) is 74.4 cm³/mol. The van der Waals surface area contributed by atoms with Gasteiger partial charge in [0.25, 0.3) is 0 Å². The van der Waals surface area contributed by atoms with Gasteiger partial charge >= 0.3 is 0 Å². The highest BCUT2D eigenvalue weighted by atomic mass is 32.1. The molecule has 4 heteroatoms. The molecule has 0 fully saturated rings. The van der Waals surface area contributed by atoms with E-state index < -0.39 is 0 Å². The Morgan fingerprint density at radius 3 is 3.00 bits per heavy atom. The first-order valence-electron chi connectivity index (χ1n) is 5.72. The van der Waals surface area contributed by atoms with Gasteiger partial charge in [-0.3, -0.25) is 0 Å². The molecule has 90 valence electrons. The van der Waals surface area contributed by atoms with Crippen LogP contribution >= 0.6 is 11.3 Å². The van der Waals surface area contributed by atoms with Crippen molar-refractivity contribution in [3.63, 3.8) is 0 Å². The van der Waals surface area contributed by atoms with Crippen LogP contribution in [0.5, 0.6) is 0 Å². The van der Waals surface area contributed by atoms with Crippen molar-refractivity contribution in [2.75, 3.05) is 11.1 Å². The molecule has 0 bridgehead atoms. The van der Waals surface area contributed by atoms with E-state index in [4.69, 9.17) is 5.73 Å². The van der Waals surface area contributed by atoms with Gasteiger partial charge in [0.2, 0.25) is 0 Å². The Bertz CT molecular complexity index is 505. The van der Waals surface area contributed by atoms with Crippen LogP contribution in [0.2, 0.25) is 0 Å². The van der Waals surface area contributed by atoms with E-state index in [0.29, 0.717) is 0 Å². The molecule has 0 aliphatic rings. The van der Waals surface area contributed by atoms with Crippen LogP contribution in [-0.2, 0) is 13.0 Å². The molecule has 2 rings (SSSR count). The first kappa shape index (κ1) is 11.9. The Balaban J connectivity index is 2.05. The first-order chi connectivity index (χ1) is 8.20. The third kappa shape index (κ3) is 2.77. The maximum absolute atomic E-state index is 5.85. The van der Waals surface area contributed by atoms with Gasteiger partial charge in [-0.25, -0.2) is 4.98 Å². The van der Waals surface area contributed by atoms with Crippen LogP contribution < -0.4 is 11.1 Å². The van der Waals surface area contributed by atoms with Crippen LogP contribution in [0.25, 0.3) is 0 Å². The van der Waals surface area contributed by atoms with E-state index in [9.17, 15) is 0 Å². The lowest BCUT2D eigenvalue weighted by molar-refractivity contribution is 1.07. The molecule has 0 radical (unpaired) electrons. The molecule has 2 aromatic heterocycles. The lowest BCUT2D eigenvalue weighted by Gasteiger charge is -2.07. The molecule has 0 unspecified atom stereocenters. The molecule has 0 atom stereocenters. The number of rotatable bonds is 4. The fraction of sp³-hybridized carbons (Fsp3) is 0.308. The molecule has 3 nitrogen and oxygen atoms in total. The molecular formula is C13H17N3S. The Morgan fingerprint density at radius 1 is 1.47 bits per heavy atom. The summed E-state index contributed by atoms with van der Waals surface area (Å²) in [7, 11) is 0. The Kier molecular flexibility index (Phi) is 3.64. The highest BCUT2D eigenvalue weighted by Gasteiger charge is 2.03. The zero-order valence-electron chi connectivity index (χ0n) is 10.2. The minimum Gasteiger partial charge on any atom is -0.398 e. The summed E-state index contributed by atoms with van der Waals surface area (Å²) >= 11 is 1.78. The monoisotopic (exact) mass is 247 g/mol. The van der Waals surface area contributed by atoms with Gasteiger partial charge in [-0.1, -0.05) is 6.92 Å². The zero-order valence-corrected chi connectivity index (χ0v) is 11.0. The van der Waals surface area contributed by atoms with Crippen molar-refractivity contribution >= 4 is 22.8 Å². The van der Waals surface area contributed by atoms with Gasteiger partial charge in [0.15, 0.2) is 0 Å². The molecule has 0 amide bonds. The number of nitrogens with zero attached hydrogens (tertiary/aromatic N) is 1. The second-order valence-corrected chi connectivity index (χ2v) is 5.00. The minimum atomic E-state index is 0.782. The maximum Gasteiger partial charge on any atom is 0.128 e. The van der Waals surface area contributed by atoms with Crippen molar-refractivity contribution in [3.05, 3.63) is 39.7 Å². The summed E-state index contributed by atoms with van der Waals surface area (Å²) in [6.07, 6.45) is 2.87. The average molecular weight is 247 g/mol. The molecule has 0 saturated heterocycles. The standard InChI is InChI=1S/C13H17N3S/c1-3-10-4-5-17-12(10)8-16-13-6-11(14)9(2)7-15-13/h4-7H,3,8H2,1-2H3,(H3,14,15,16). The Morgan fingerprint density at radius 2 is 2.29 bits per heavy atom. The molecule has 0 aliphatic carbocycles. The second kappa shape index (κ2) is 5.19. The van der Waals surface area contributed by atoms with E-state index in [-0.39, 0.29) is 0 Å². The van der Waals surface area contributed by atoms with Crippen LogP contribution in [0, 0.1) is 6.92 Å². The summed E-state index contributed by atoms with van der Waals surface area (Å²) in [6.45, 7) is 4.95. The van der Waals surface area contributed by atoms with Crippen molar-refractivity contribution in [3.8, 4) is 0 Å². The highest BCUT2D eigenvalue weighted by molar-refractivity contribution is 7.10.